The summed E-state index contributed by atoms with van der Waals surface area (Å²) in [5.41, 5.74) is 1.65. The zero-order chi connectivity index (χ0) is 20.1. The number of halogens is 1. The number of benzene rings is 2. The highest BCUT2D eigenvalue weighted by molar-refractivity contribution is 6.30. The van der Waals surface area contributed by atoms with Crippen molar-refractivity contribution in [2.45, 2.75) is 32.7 Å². The fourth-order valence-corrected chi connectivity index (χ4v) is 3.13. The van der Waals surface area contributed by atoms with Gasteiger partial charge in [-0.2, -0.15) is 0 Å². The van der Waals surface area contributed by atoms with Gasteiger partial charge in [-0.1, -0.05) is 44.5 Å². The van der Waals surface area contributed by atoms with Crippen molar-refractivity contribution in [3.8, 4) is 5.75 Å². The molecule has 148 valence electrons. The van der Waals surface area contributed by atoms with Gasteiger partial charge in [0.25, 0.3) is 5.56 Å². The summed E-state index contributed by atoms with van der Waals surface area (Å²) >= 11 is 6.12. The van der Waals surface area contributed by atoms with E-state index in [0.717, 1.165) is 11.3 Å². The highest BCUT2D eigenvalue weighted by Crippen LogP contribution is 2.33. The van der Waals surface area contributed by atoms with Gasteiger partial charge in [-0.05, 0) is 35.7 Å². The zero-order valence-electron chi connectivity index (χ0n) is 16.4. The van der Waals surface area contributed by atoms with Crippen LogP contribution < -0.4 is 10.3 Å². The summed E-state index contributed by atoms with van der Waals surface area (Å²) in [5.74, 6) is 0.815. The van der Waals surface area contributed by atoms with Crippen LogP contribution in [0.4, 0.5) is 0 Å². The number of rotatable bonds is 7. The predicted molar refractivity (Wildman–Crippen MR) is 112 cm³/mol. The van der Waals surface area contributed by atoms with Crippen LogP contribution >= 0.6 is 11.6 Å². The van der Waals surface area contributed by atoms with Crippen LogP contribution in [0.25, 0.3) is 10.9 Å². The molecule has 0 aliphatic carbocycles. The van der Waals surface area contributed by atoms with E-state index >= 15 is 0 Å². The molecule has 0 unspecified atom stereocenters. The van der Waals surface area contributed by atoms with Crippen LogP contribution in [-0.2, 0) is 16.7 Å². The van der Waals surface area contributed by atoms with Crippen molar-refractivity contribution in [1.29, 1.82) is 0 Å². The molecule has 3 aromatic rings. The van der Waals surface area contributed by atoms with Crippen LogP contribution in [0.5, 0.6) is 5.75 Å². The molecule has 3 rings (SSSR count). The molecule has 0 saturated carbocycles. The number of nitrogens with zero attached hydrogens (tertiary/aromatic N) is 2. The molecule has 28 heavy (non-hydrogen) atoms. The average molecular weight is 401 g/mol. The lowest BCUT2D eigenvalue weighted by atomic mass is 9.86. The minimum atomic E-state index is -0.0641. The lowest BCUT2D eigenvalue weighted by molar-refractivity contribution is 0.0932. The molecule has 1 heterocycles. The molecule has 6 heteroatoms. The molecule has 0 aliphatic heterocycles. The highest BCUT2D eigenvalue weighted by atomic mass is 35.5. The number of hydrogen-bond acceptors (Lipinski definition) is 4. The van der Waals surface area contributed by atoms with E-state index in [0.29, 0.717) is 42.3 Å². The van der Waals surface area contributed by atoms with E-state index in [1.165, 1.54) is 0 Å². The molecule has 0 bridgehead atoms. The maximum Gasteiger partial charge on any atom is 0.261 e. The van der Waals surface area contributed by atoms with Crippen molar-refractivity contribution in [2.75, 3.05) is 19.8 Å². The summed E-state index contributed by atoms with van der Waals surface area (Å²) in [6, 6.07) is 13.0. The normalized spacial score (nSPS) is 11.7. The standard InChI is InChI=1S/C22H25ClN2O3/c1-22(2,3)18-14-16(23)8-9-20(18)28-13-12-27-11-10-25-15-24-19-7-5-4-6-17(19)21(25)26/h4-9,14-15H,10-13H2,1-3H3. The Bertz CT molecular complexity index is 1010. The van der Waals surface area contributed by atoms with Crippen LogP contribution in [0.15, 0.2) is 53.6 Å². The third-order valence-corrected chi connectivity index (χ3v) is 4.68. The fraction of sp³-hybridized carbons (Fsp3) is 0.364. The summed E-state index contributed by atoms with van der Waals surface area (Å²) in [6.07, 6.45) is 1.56. The fourth-order valence-electron chi connectivity index (χ4n) is 2.96. The van der Waals surface area contributed by atoms with Crippen molar-refractivity contribution in [2.24, 2.45) is 0 Å². The summed E-state index contributed by atoms with van der Waals surface area (Å²) in [7, 11) is 0. The molecule has 1 aromatic heterocycles. The van der Waals surface area contributed by atoms with Crippen molar-refractivity contribution >= 4 is 22.5 Å². The smallest absolute Gasteiger partial charge is 0.261 e. The molecule has 0 saturated heterocycles. The Balaban J connectivity index is 1.50. The predicted octanol–water partition coefficient (Wildman–Crippen LogP) is 4.44. The van der Waals surface area contributed by atoms with Gasteiger partial charge in [-0.25, -0.2) is 4.98 Å². The van der Waals surface area contributed by atoms with Gasteiger partial charge < -0.3 is 9.47 Å². The van der Waals surface area contributed by atoms with Crippen LogP contribution in [0, 0.1) is 0 Å². The third kappa shape index (κ3) is 4.91. The van der Waals surface area contributed by atoms with E-state index in [4.69, 9.17) is 21.1 Å². The molecule has 0 radical (unpaired) electrons. The quantitative estimate of drug-likeness (QED) is 0.550. The first kappa shape index (κ1) is 20.4. The molecule has 0 fully saturated rings. The van der Waals surface area contributed by atoms with Gasteiger partial charge in [0.05, 0.1) is 37.0 Å². The first-order chi connectivity index (χ1) is 13.4. The summed E-state index contributed by atoms with van der Waals surface area (Å²) < 4.78 is 13.1. The monoisotopic (exact) mass is 400 g/mol. The number of fused-ring (bicyclic) bond motifs is 1. The minimum absolute atomic E-state index is 0.0542. The average Bonchev–Trinajstić information content (AvgIpc) is 2.66. The zero-order valence-corrected chi connectivity index (χ0v) is 17.2. The Morgan fingerprint density at radius 1 is 1.07 bits per heavy atom. The van der Waals surface area contributed by atoms with Gasteiger partial charge >= 0.3 is 0 Å². The number of ether oxygens (including phenoxy) is 2. The molecule has 0 aliphatic rings. The molecule has 0 atom stereocenters. The maximum atomic E-state index is 12.4. The van der Waals surface area contributed by atoms with Gasteiger partial charge in [-0.3, -0.25) is 9.36 Å². The number of para-hydroxylation sites is 1. The second kappa shape index (κ2) is 8.76. The van der Waals surface area contributed by atoms with Gasteiger partial charge in [0.2, 0.25) is 0 Å². The number of aromatic nitrogens is 2. The van der Waals surface area contributed by atoms with Crippen LogP contribution in [0.3, 0.4) is 0 Å². The van der Waals surface area contributed by atoms with Crippen LogP contribution in [-0.4, -0.2) is 29.4 Å². The first-order valence-electron chi connectivity index (χ1n) is 9.31. The first-order valence-corrected chi connectivity index (χ1v) is 9.69. The topological polar surface area (TPSA) is 53.4 Å². The molecule has 0 amide bonds. The van der Waals surface area contributed by atoms with Gasteiger partial charge in [-0.15, -0.1) is 0 Å². The lowest BCUT2D eigenvalue weighted by Gasteiger charge is -2.23. The van der Waals surface area contributed by atoms with Gasteiger partial charge in [0, 0.05) is 10.6 Å². The van der Waals surface area contributed by atoms with Crippen LogP contribution in [0.1, 0.15) is 26.3 Å². The SMILES string of the molecule is CC(C)(C)c1cc(Cl)ccc1OCCOCCn1cnc2ccccc2c1=O. The van der Waals surface area contributed by atoms with E-state index < -0.39 is 0 Å². The Labute approximate surface area is 169 Å². The van der Waals surface area contributed by atoms with Crippen molar-refractivity contribution < 1.29 is 9.47 Å². The second-order valence-electron chi connectivity index (χ2n) is 7.61. The summed E-state index contributed by atoms with van der Waals surface area (Å²) in [4.78, 5) is 16.7. The Hall–Kier alpha value is -2.37. The largest absolute Gasteiger partial charge is 0.491 e. The molecular weight excluding hydrogens is 376 g/mol. The third-order valence-electron chi connectivity index (χ3n) is 4.44. The maximum absolute atomic E-state index is 12.4. The Morgan fingerprint density at radius 3 is 2.64 bits per heavy atom. The Morgan fingerprint density at radius 2 is 1.86 bits per heavy atom. The van der Waals surface area contributed by atoms with E-state index in [9.17, 15) is 4.79 Å². The van der Waals surface area contributed by atoms with Gasteiger partial charge in [0.15, 0.2) is 0 Å². The van der Waals surface area contributed by atoms with Crippen molar-refractivity contribution in [3.63, 3.8) is 0 Å². The molecule has 2 aromatic carbocycles. The van der Waals surface area contributed by atoms with Gasteiger partial charge in [0.1, 0.15) is 12.4 Å². The lowest BCUT2D eigenvalue weighted by Crippen LogP contribution is -2.23. The van der Waals surface area contributed by atoms with Crippen LogP contribution in [0.2, 0.25) is 5.02 Å². The van der Waals surface area contributed by atoms with E-state index in [2.05, 4.69) is 25.8 Å². The molecular formula is C22H25ClN2O3. The number of hydrogen-bond donors (Lipinski definition) is 0. The summed E-state index contributed by atoms with van der Waals surface area (Å²) in [5, 5.41) is 1.31. The second-order valence-corrected chi connectivity index (χ2v) is 8.05. The van der Waals surface area contributed by atoms with Crippen molar-refractivity contribution in [1.82, 2.24) is 9.55 Å². The minimum Gasteiger partial charge on any atom is -0.491 e. The summed E-state index contributed by atoms with van der Waals surface area (Å²) in [6.45, 7) is 8.09. The van der Waals surface area contributed by atoms with E-state index in [1.807, 2.05) is 36.4 Å². The molecule has 0 N–H and O–H groups in total. The van der Waals surface area contributed by atoms with E-state index in [1.54, 1.807) is 17.0 Å². The van der Waals surface area contributed by atoms with Crippen molar-refractivity contribution in [3.05, 3.63) is 69.7 Å². The van der Waals surface area contributed by atoms with E-state index in [-0.39, 0.29) is 11.0 Å². The highest BCUT2D eigenvalue weighted by Gasteiger charge is 2.19. The molecule has 5 nitrogen and oxygen atoms in total. The molecule has 0 spiro atoms. The Kier molecular flexibility index (Phi) is 6.37.